The average molecular weight is 276 g/mol. The van der Waals surface area contributed by atoms with Gasteiger partial charge in [-0.2, -0.15) is 0 Å². The van der Waals surface area contributed by atoms with Gasteiger partial charge in [-0.05, 0) is 30.9 Å². The van der Waals surface area contributed by atoms with E-state index in [0.717, 1.165) is 12.0 Å². The number of rotatable bonds is 4. The lowest BCUT2D eigenvalue weighted by Gasteiger charge is -2.30. The summed E-state index contributed by atoms with van der Waals surface area (Å²) in [5.41, 5.74) is 7.51. The predicted molar refractivity (Wildman–Crippen MR) is 76.1 cm³/mol. The van der Waals surface area contributed by atoms with Crippen LogP contribution in [0, 0.1) is 5.92 Å². The molecule has 0 bridgehead atoms. The van der Waals surface area contributed by atoms with E-state index in [-0.39, 0.29) is 5.91 Å². The number of nitrogen functional groups attached to an aromatic ring is 1. The molecule has 1 atom stereocenters. The molecule has 1 aromatic rings. The second-order valence-electron chi connectivity index (χ2n) is 5.22. The average Bonchev–Trinajstić information content (AvgIpc) is 2.46. The van der Waals surface area contributed by atoms with Gasteiger partial charge in [0.1, 0.15) is 0 Å². The van der Waals surface area contributed by atoms with Crippen LogP contribution in [0.5, 0.6) is 0 Å². The number of para-hydroxylation sites is 1. The lowest BCUT2D eigenvalue weighted by Crippen LogP contribution is -2.42. The predicted octanol–water partition coefficient (Wildman–Crippen LogP) is 1.52. The second-order valence-corrected chi connectivity index (χ2v) is 5.22. The molecule has 2 rings (SSSR count). The highest BCUT2D eigenvalue weighted by atomic mass is 16.4. The molecule has 5 nitrogen and oxygen atoms in total. The Kier molecular flexibility index (Phi) is 4.61. The maximum atomic E-state index is 12.1. The minimum absolute atomic E-state index is 0.0132. The number of nitrogens with two attached hydrogens (primary N) is 1. The lowest BCUT2D eigenvalue weighted by molar-refractivity contribution is -0.145. The Hall–Kier alpha value is -2.04. The normalized spacial score (nSPS) is 18.8. The zero-order valence-electron chi connectivity index (χ0n) is 11.4. The van der Waals surface area contributed by atoms with Crippen LogP contribution in [-0.2, 0) is 16.0 Å². The lowest BCUT2D eigenvalue weighted by atomic mass is 9.97. The molecule has 1 heterocycles. The van der Waals surface area contributed by atoms with Crippen LogP contribution >= 0.6 is 0 Å². The Labute approximate surface area is 118 Å². The molecule has 0 aliphatic carbocycles. The van der Waals surface area contributed by atoms with Gasteiger partial charge in [-0.15, -0.1) is 0 Å². The van der Waals surface area contributed by atoms with Gasteiger partial charge in [0, 0.05) is 25.2 Å². The topological polar surface area (TPSA) is 83.6 Å². The highest BCUT2D eigenvalue weighted by molar-refractivity contribution is 5.78. The summed E-state index contributed by atoms with van der Waals surface area (Å²) < 4.78 is 0. The van der Waals surface area contributed by atoms with Crippen LogP contribution in [0.15, 0.2) is 24.3 Å². The fourth-order valence-electron chi connectivity index (χ4n) is 2.57. The van der Waals surface area contributed by atoms with E-state index >= 15 is 0 Å². The molecule has 108 valence electrons. The van der Waals surface area contributed by atoms with Crippen LogP contribution in [0.2, 0.25) is 0 Å². The van der Waals surface area contributed by atoms with Crippen molar-refractivity contribution in [3.05, 3.63) is 29.8 Å². The van der Waals surface area contributed by atoms with Gasteiger partial charge in [-0.3, -0.25) is 9.59 Å². The number of amides is 1. The number of aliphatic carboxylic acids is 1. The van der Waals surface area contributed by atoms with Crippen LogP contribution in [0.1, 0.15) is 24.8 Å². The van der Waals surface area contributed by atoms with E-state index in [4.69, 9.17) is 10.8 Å². The SMILES string of the molecule is Nc1ccccc1CCC(=O)N1CCC[C@@H](C(=O)O)C1. The van der Waals surface area contributed by atoms with Gasteiger partial charge in [0.25, 0.3) is 0 Å². The maximum absolute atomic E-state index is 12.1. The third-order valence-corrected chi connectivity index (χ3v) is 3.79. The molecule has 1 aliphatic heterocycles. The van der Waals surface area contributed by atoms with Crippen molar-refractivity contribution in [3.63, 3.8) is 0 Å². The number of nitrogens with zero attached hydrogens (tertiary/aromatic N) is 1. The van der Waals surface area contributed by atoms with Crippen molar-refractivity contribution in [3.8, 4) is 0 Å². The number of anilines is 1. The summed E-state index contributed by atoms with van der Waals surface area (Å²) in [6, 6.07) is 7.50. The summed E-state index contributed by atoms with van der Waals surface area (Å²) >= 11 is 0. The number of carboxylic acid groups (broad SMARTS) is 1. The van der Waals surface area contributed by atoms with Gasteiger partial charge in [0.05, 0.1) is 5.92 Å². The first-order valence-electron chi connectivity index (χ1n) is 6.92. The fourth-order valence-corrected chi connectivity index (χ4v) is 2.57. The van der Waals surface area contributed by atoms with E-state index in [1.165, 1.54) is 0 Å². The minimum atomic E-state index is -0.810. The summed E-state index contributed by atoms with van der Waals surface area (Å²) in [6.07, 6.45) is 2.39. The van der Waals surface area contributed by atoms with E-state index in [1.54, 1.807) is 4.90 Å². The van der Waals surface area contributed by atoms with Gasteiger partial charge in [0.2, 0.25) is 5.91 Å². The Morgan fingerprint density at radius 2 is 2.10 bits per heavy atom. The highest BCUT2D eigenvalue weighted by Crippen LogP contribution is 2.19. The Morgan fingerprint density at radius 1 is 1.35 bits per heavy atom. The van der Waals surface area contributed by atoms with Gasteiger partial charge >= 0.3 is 5.97 Å². The Bertz CT molecular complexity index is 502. The number of piperidine rings is 1. The Morgan fingerprint density at radius 3 is 2.80 bits per heavy atom. The monoisotopic (exact) mass is 276 g/mol. The van der Waals surface area contributed by atoms with E-state index in [1.807, 2.05) is 24.3 Å². The van der Waals surface area contributed by atoms with Crippen LogP contribution < -0.4 is 5.73 Å². The molecular weight excluding hydrogens is 256 g/mol. The first-order chi connectivity index (χ1) is 9.58. The van der Waals surface area contributed by atoms with Crippen LogP contribution in [0.25, 0.3) is 0 Å². The molecule has 0 spiro atoms. The van der Waals surface area contributed by atoms with Gasteiger partial charge in [-0.1, -0.05) is 18.2 Å². The molecular formula is C15H20N2O3. The number of carbonyl (C=O) groups excluding carboxylic acids is 1. The molecule has 1 aliphatic rings. The molecule has 5 heteroatoms. The summed E-state index contributed by atoms with van der Waals surface area (Å²) in [6.45, 7) is 0.991. The number of aryl methyl sites for hydroxylation is 1. The van der Waals surface area contributed by atoms with Gasteiger partial charge in [0.15, 0.2) is 0 Å². The molecule has 1 aromatic carbocycles. The van der Waals surface area contributed by atoms with Crippen molar-refractivity contribution in [1.82, 2.24) is 4.90 Å². The zero-order valence-corrected chi connectivity index (χ0v) is 11.4. The molecule has 20 heavy (non-hydrogen) atoms. The first-order valence-corrected chi connectivity index (χ1v) is 6.92. The Balaban J connectivity index is 1.89. The molecule has 3 N–H and O–H groups in total. The number of hydrogen-bond acceptors (Lipinski definition) is 3. The number of likely N-dealkylation sites (tertiary alicyclic amines) is 1. The first kappa shape index (κ1) is 14.4. The molecule has 0 aromatic heterocycles. The van der Waals surface area contributed by atoms with Crippen molar-refractivity contribution < 1.29 is 14.7 Å². The standard InChI is InChI=1S/C15H20N2O3/c16-13-6-2-1-4-11(13)7-8-14(18)17-9-3-5-12(10-17)15(19)20/h1-2,4,6,12H,3,5,7-10,16H2,(H,19,20)/t12-/m1/s1. The van der Waals surface area contributed by atoms with Crippen LogP contribution in [0.3, 0.4) is 0 Å². The van der Waals surface area contributed by atoms with E-state index < -0.39 is 11.9 Å². The molecule has 0 saturated carbocycles. The summed E-state index contributed by atoms with van der Waals surface area (Å²) in [4.78, 5) is 24.8. The third-order valence-electron chi connectivity index (χ3n) is 3.79. The smallest absolute Gasteiger partial charge is 0.308 e. The quantitative estimate of drug-likeness (QED) is 0.817. The summed E-state index contributed by atoms with van der Waals surface area (Å²) in [7, 11) is 0. The number of hydrogen-bond donors (Lipinski definition) is 2. The third kappa shape index (κ3) is 3.50. The largest absolute Gasteiger partial charge is 0.481 e. The van der Waals surface area contributed by atoms with Crippen molar-refractivity contribution in [2.24, 2.45) is 5.92 Å². The highest BCUT2D eigenvalue weighted by Gasteiger charge is 2.27. The second kappa shape index (κ2) is 6.41. The number of carbonyl (C=O) groups is 2. The van der Waals surface area contributed by atoms with Crippen LogP contribution in [0.4, 0.5) is 5.69 Å². The summed E-state index contributed by atoms with van der Waals surface area (Å²) in [5, 5.41) is 9.03. The van der Waals surface area contributed by atoms with Gasteiger partial charge in [-0.25, -0.2) is 0 Å². The van der Waals surface area contributed by atoms with Crippen molar-refractivity contribution >= 4 is 17.6 Å². The molecule has 1 saturated heterocycles. The molecule has 1 fully saturated rings. The van der Waals surface area contributed by atoms with E-state index in [0.29, 0.717) is 38.0 Å². The van der Waals surface area contributed by atoms with Crippen molar-refractivity contribution in [2.45, 2.75) is 25.7 Å². The van der Waals surface area contributed by atoms with E-state index in [2.05, 4.69) is 0 Å². The molecule has 1 amide bonds. The summed E-state index contributed by atoms with van der Waals surface area (Å²) in [5.74, 6) is -1.22. The number of carboxylic acids is 1. The van der Waals surface area contributed by atoms with Gasteiger partial charge < -0.3 is 15.7 Å². The number of benzene rings is 1. The van der Waals surface area contributed by atoms with E-state index in [9.17, 15) is 9.59 Å². The van der Waals surface area contributed by atoms with Crippen molar-refractivity contribution in [2.75, 3.05) is 18.8 Å². The zero-order chi connectivity index (χ0) is 14.5. The van der Waals surface area contributed by atoms with Crippen LogP contribution in [-0.4, -0.2) is 35.0 Å². The minimum Gasteiger partial charge on any atom is -0.481 e. The fraction of sp³-hybridized carbons (Fsp3) is 0.467. The van der Waals surface area contributed by atoms with Crippen molar-refractivity contribution in [1.29, 1.82) is 0 Å². The molecule has 0 radical (unpaired) electrons. The maximum Gasteiger partial charge on any atom is 0.308 e. The molecule has 0 unspecified atom stereocenters.